The van der Waals surface area contributed by atoms with Crippen molar-refractivity contribution in [3.8, 4) is 5.75 Å². The molecule has 5 heteroatoms. The lowest BCUT2D eigenvalue weighted by atomic mass is 9.94. The van der Waals surface area contributed by atoms with E-state index in [2.05, 4.69) is 5.32 Å². The Bertz CT molecular complexity index is 451. The summed E-state index contributed by atoms with van der Waals surface area (Å²) in [4.78, 5) is 11.8. The molecule has 0 aliphatic heterocycles. The predicted molar refractivity (Wildman–Crippen MR) is 82.0 cm³/mol. The van der Waals surface area contributed by atoms with Gasteiger partial charge in [-0.25, -0.2) is 0 Å². The normalized spacial score (nSPS) is 17.8. The van der Waals surface area contributed by atoms with Crippen molar-refractivity contribution in [3.05, 3.63) is 24.3 Å². The third kappa shape index (κ3) is 5.27. The highest BCUT2D eigenvalue weighted by Gasteiger charge is 2.28. The maximum Gasteiger partial charge on any atom is 0.258 e. The number of nitrogen functional groups attached to an aromatic ring is 1. The molecule has 0 radical (unpaired) electrons. The number of benzene rings is 1. The predicted octanol–water partition coefficient (Wildman–Crippen LogP) is 1.85. The standard InChI is InChI=1S/C16H24N2O3/c17-13-5-7-14(8-6-13)21-11-15(19)18-12-16(20)9-3-1-2-4-10-16/h5-8,20H,1-4,9-12,17H2,(H,18,19). The summed E-state index contributed by atoms with van der Waals surface area (Å²) in [5, 5.41) is 13.2. The van der Waals surface area contributed by atoms with Gasteiger partial charge in [-0.3, -0.25) is 4.79 Å². The molecule has 1 saturated carbocycles. The monoisotopic (exact) mass is 292 g/mol. The number of ether oxygens (including phenoxy) is 1. The van der Waals surface area contributed by atoms with Crippen LogP contribution in [-0.4, -0.2) is 29.8 Å². The minimum absolute atomic E-state index is 0.0556. The molecule has 1 fully saturated rings. The second-order valence-corrected chi connectivity index (χ2v) is 5.77. The molecule has 0 unspecified atom stereocenters. The van der Waals surface area contributed by atoms with Gasteiger partial charge in [0.05, 0.1) is 5.60 Å². The van der Waals surface area contributed by atoms with Crippen molar-refractivity contribution in [1.29, 1.82) is 0 Å². The molecule has 1 aliphatic rings. The fourth-order valence-corrected chi connectivity index (χ4v) is 2.59. The summed E-state index contributed by atoms with van der Waals surface area (Å²) in [6.07, 6.45) is 5.88. The molecule has 5 nitrogen and oxygen atoms in total. The Balaban J connectivity index is 1.72. The highest BCUT2D eigenvalue weighted by Crippen LogP contribution is 2.26. The summed E-state index contributed by atoms with van der Waals surface area (Å²) < 4.78 is 5.37. The largest absolute Gasteiger partial charge is 0.484 e. The lowest BCUT2D eigenvalue weighted by molar-refractivity contribution is -0.124. The topological polar surface area (TPSA) is 84.6 Å². The van der Waals surface area contributed by atoms with Gasteiger partial charge >= 0.3 is 0 Å². The number of amides is 1. The Morgan fingerprint density at radius 1 is 1.19 bits per heavy atom. The lowest BCUT2D eigenvalue weighted by Gasteiger charge is -2.26. The van der Waals surface area contributed by atoms with Crippen LogP contribution in [0, 0.1) is 0 Å². The highest BCUT2D eigenvalue weighted by atomic mass is 16.5. The first kappa shape index (κ1) is 15.6. The first-order chi connectivity index (χ1) is 10.1. The Morgan fingerprint density at radius 2 is 1.81 bits per heavy atom. The van der Waals surface area contributed by atoms with Crippen LogP contribution in [0.5, 0.6) is 5.75 Å². The van der Waals surface area contributed by atoms with Crippen molar-refractivity contribution in [2.75, 3.05) is 18.9 Å². The molecular formula is C16H24N2O3. The van der Waals surface area contributed by atoms with Gasteiger partial charge in [0.15, 0.2) is 6.61 Å². The molecular weight excluding hydrogens is 268 g/mol. The van der Waals surface area contributed by atoms with Gasteiger partial charge in [0.1, 0.15) is 5.75 Å². The minimum Gasteiger partial charge on any atom is -0.484 e. The maximum atomic E-state index is 11.8. The number of hydrogen-bond donors (Lipinski definition) is 3. The van der Waals surface area contributed by atoms with E-state index >= 15 is 0 Å². The number of anilines is 1. The summed E-state index contributed by atoms with van der Waals surface area (Å²) in [6, 6.07) is 6.89. The molecule has 0 spiro atoms. The van der Waals surface area contributed by atoms with Crippen LogP contribution in [0.1, 0.15) is 38.5 Å². The molecule has 0 aromatic heterocycles. The Kier molecular flexibility index (Phi) is 5.44. The summed E-state index contributed by atoms with van der Waals surface area (Å²) in [6.45, 7) is 0.247. The Hall–Kier alpha value is -1.75. The van der Waals surface area contributed by atoms with E-state index in [9.17, 15) is 9.90 Å². The average molecular weight is 292 g/mol. The van der Waals surface area contributed by atoms with Crippen molar-refractivity contribution in [1.82, 2.24) is 5.32 Å². The number of rotatable bonds is 5. The third-order valence-electron chi connectivity index (χ3n) is 3.90. The van der Waals surface area contributed by atoms with Crippen LogP contribution in [-0.2, 0) is 4.79 Å². The number of hydrogen-bond acceptors (Lipinski definition) is 4. The first-order valence-electron chi connectivity index (χ1n) is 7.55. The zero-order valence-electron chi connectivity index (χ0n) is 12.3. The van der Waals surface area contributed by atoms with E-state index in [1.165, 1.54) is 0 Å². The summed E-state index contributed by atoms with van der Waals surface area (Å²) in [5.74, 6) is 0.386. The second-order valence-electron chi connectivity index (χ2n) is 5.77. The van der Waals surface area contributed by atoms with E-state index in [0.717, 1.165) is 38.5 Å². The van der Waals surface area contributed by atoms with Gasteiger partial charge in [-0.1, -0.05) is 25.7 Å². The highest BCUT2D eigenvalue weighted by molar-refractivity contribution is 5.77. The fourth-order valence-electron chi connectivity index (χ4n) is 2.59. The smallest absolute Gasteiger partial charge is 0.258 e. The number of aliphatic hydroxyl groups is 1. The van der Waals surface area contributed by atoms with E-state index in [0.29, 0.717) is 18.0 Å². The number of nitrogens with one attached hydrogen (secondary N) is 1. The van der Waals surface area contributed by atoms with E-state index in [1.54, 1.807) is 24.3 Å². The van der Waals surface area contributed by atoms with Gasteiger partial charge < -0.3 is 20.9 Å². The van der Waals surface area contributed by atoms with Crippen LogP contribution in [0.15, 0.2) is 24.3 Å². The van der Waals surface area contributed by atoms with Gasteiger partial charge in [0.25, 0.3) is 5.91 Å². The molecule has 1 aliphatic carbocycles. The summed E-state index contributed by atoms with van der Waals surface area (Å²) in [5.41, 5.74) is 5.48. The van der Waals surface area contributed by atoms with Crippen LogP contribution in [0.3, 0.4) is 0 Å². The Labute approximate surface area is 125 Å². The van der Waals surface area contributed by atoms with Gasteiger partial charge in [-0.2, -0.15) is 0 Å². The SMILES string of the molecule is Nc1ccc(OCC(=O)NCC2(O)CCCCCC2)cc1. The summed E-state index contributed by atoms with van der Waals surface area (Å²) >= 11 is 0. The number of carbonyl (C=O) groups excluding carboxylic acids is 1. The molecule has 116 valence electrons. The van der Waals surface area contributed by atoms with Crippen molar-refractivity contribution >= 4 is 11.6 Å². The molecule has 1 amide bonds. The van der Waals surface area contributed by atoms with Gasteiger partial charge in [-0.15, -0.1) is 0 Å². The molecule has 0 saturated heterocycles. The first-order valence-corrected chi connectivity index (χ1v) is 7.55. The van der Waals surface area contributed by atoms with Crippen molar-refractivity contribution in [2.45, 2.75) is 44.1 Å². The van der Waals surface area contributed by atoms with Crippen molar-refractivity contribution in [2.24, 2.45) is 0 Å². The van der Waals surface area contributed by atoms with Crippen LogP contribution < -0.4 is 15.8 Å². The Morgan fingerprint density at radius 3 is 2.43 bits per heavy atom. The average Bonchev–Trinajstić information content (AvgIpc) is 2.70. The molecule has 0 heterocycles. The van der Waals surface area contributed by atoms with Crippen LogP contribution in [0.4, 0.5) is 5.69 Å². The third-order valence-corrected chi connectivity index (χ3v) is 3.90. The zero-order chi connectivity index (χ0) is 15.1. The van der Waals surface area contributed by atoms with Crippen LogP contribution in [0.2, 0.25) is 0 Å². The number of nitrogens with two attached hydrogens (primary N) is 1. The zero-order valence-corrected chi connectivity index (χ0v) is 12.3. The van der Waals surface area contributed by atoms with E-state index < -0.39 is 5.60 Å². The molecule has 1 aromatic carbocycles. The van der Waals surface area contributed by atoms with Gasteiger partial charge in [0.2, 0.25) is 0 Å². The molecule has 4 N–H and O–H groups in total. The van der Waals surface area contributed by atoms with E-state index in [-0.39, 0.29) is 12.5 Å². The molecule has 0 atom stereocenters. The summed E-state index contributed by atoms with van der Waals surface area (Å²) in [7, 11) is 0. The van der Waals surface area contributed by atoms with E-state index in [1.807, 2.05) is 0 Å². The fraction of sp³-hybridized carbons (Fsp3) is 0.562. The van der Waals surface area contributed by atoms with E-state index in [4.69, 9.17) is 10.5 Å². The molecule has 21 heavy (non-hydrogen) atoms. The number of carbonyl (C=O) groups is 1. The minimum atomic E-state index is -0.757. The lowest BCUT2D eigenvalue weighted by Crippen LogP contribution is -2.44. The van der Waals surface area contributed by atoms with Gasteiger partial charge in [-0.05, 0) is 37.1 Å². The maximum absolute atomic E-state index is 11.8. The molecule has 0 bridgehead atoms. The van der Waals surface area contributed by atoms with Crippen molar-refractivity contribution in [3.63, 3.8) is 0 Å². The quantitative estimate of drug-likeness (QED) is 0.571. The second kappa shape index (κ2) is 7.31. The van der Waals surface area contributed by atoms with Crippen molar-refractivity contribution < 1.29 is 14.6 Å². The molecule has 1 aromatic rings. The van der Waals surface area contributed by atoms with Crippen LogP contribution >= 0.6 is 0 Å². The molecule has 2 rings (SSSR count). The van der Waals surface area contributed by atoms with Gasteiger partial charge in [0, 0.05) is 12.2 Å². The van der Waals surface area contributed by atoms with Crippen LogP contribution in [0.25, 0.3) is 0 Å².